The second-order valence-electron chi connectivity index (χ2n) is 7.36. The molecule has 0 fully saturated rings. The molecule has 32 heavy (non-hydrogen) atoms. The van der Waals surface area contributed by atoms with Gasteiger partial charge in [-0.25, -0.2) is 4.79 Å². The van der Waals surface area contributed by atoms with E-state index < -0.39 is 11.9 Å². The molecule has 0 aliphatic heterocycles. The number of amides is 1. The van der Waals surface area contributed by atoms with Crippen LogP contribution in [-0.4, -0.2) is 11.9 Å². The van der Waals surface area contributed by atoms with Crippen molar-refractivity contribution in [2.24, 2.45) is 0 Å². The van der Waals surface area contributed by atoms with Gasteiger partial charge >= 0.3 is 5.97 Å². The molecule has 1 amide bonds. The van der Waals surface area contributed by atoms with Crippen molar-refractivity contribution in [3.63, 3.8) is 0 Å². The summed E-state index contributed by atoms with van der Waals surface area (Å²) in [5, 5.41) is 12.3. The van der Waals surface area contributed by atoms with Crippen LogP contribution in [0.2, 0.25) is 0 Å². The summed E-state index contributed by atoms with van der Waals surface area (Å²) in [6, 6.07) is 19.4. The van der Waals surface area contributed by atoms with Crippen LogP contribution in [0.15, 0.2) is 70.7 Å². The zero-order valence-electron chi connectivity index (χ0n) is 17.9. The Balaban J connectivity index is 1.72. The molecule has 160 valence electrons. The molecule has 0 aliphatic rings. The number of hydrogen-bond donors (Lipinski definition) is 1. The number of esters is 1. The van der Waals surface area contributed by atoms with Crippen molar-refractivity contribution < 1.29 is 14.3 Å². The first-order valence-corrected chi connectivity index (χ1v) is 10.6. The zero-order valence-corrected chi connectivity index (χ0v) is 19.5. The number of anilines is 1. The highest BCUT2D eigenvalue weighted by atomic mass is 79.9. The highest BCUT2D eigenvalue weighted by Gasteiger charge is 2.13. The van der Waals surface area contributed by atoms with E-state index >= 15 is 0 Å². The summed E-state index contributed by atoms with van der Waals surface area (Å²) in [7, 11) is 0. The predicted octanol–water partition coefficient (Wildman–Crippen LogP) is 6.14. The molecule has 0 unspecified atom stereocenters. The second-order valence-corrected chi connectivity index (χ2v) is 8.28. The fourth-order valence-electron chi connectivity index (χ4n) is 3.26. The van der Waals surface area contributed by atoms with E-state index in [0.29, 0.717) is 22.6 Å². The van der Waals surface area contributed by atoms with Gasteiger partial charge in [0.25, 0.3) is 5.91 Å². The quantitative estimate of drug-likeness (QED) is 0.202. The Hall–Kier alpha value is -3.69. The van der Waals surface area contributed by atoms with Crippen LogP contribution in [0.1, 0.15) is 32.6 Å². The summed E-state index contributed by atoms with van der Waals surface area (Å²) in [6.07, 6.45) is 1.49. The molecule has 0 atom stereocenters. The van der Waals surface area contributed by atoms with Gasteiger partial charge in [-0.1, -0.05) is 45.8 Å². The van der Waals surface area contributed by atoms with E-state index in [2.05, 4.69) is 21.2 Å². The number of carbonyl (C=O) groups is 2. The van der Waals surface area contributed by atoms with Crippen LogP contribution in [0.25, 0.3) is 6.08 Å². The first-order valence-electron chi connectivity index (χ1n) is 9.85. The minimum atomic E-state index is -0.478. The van der Waals surface area contributed by atoms with Crippen molar-refractivity contribution in [1.82, 2.24) is 0 Å². The number of carbonyl (C=O) groups excluding carboxylic acids is 2. The number of benzene rings is 3. The summed E-state index contributed by atoms with van der Waals surface area (Å²) < 4.78 is 6.24. The summed E-state index contributed by atoms with van der Waals surface area (Å²) in [6.45, 7) is 5.82. The largest absolute Gasteiger partial charge is 0.423 e. The molecule has 6 heteroatoms. The van der Waals surface area contributed by atoms with Crippen molar-refractivity contribution in [3.8, 4) is 11.8 Å². The summed E-state index contributed by atoms with van der Waals surface area (Å²) >= 11 is 3.32. The van der Waals surface area contributed by atoms with Crippen LogP contribution in [-0.2, 0) is 4.79 Å². The molecule has 0 spiro atoms. The molecule has 0 aliphatic carbocycles. The molecule has 5 nitrogen and oxygen atoms in total. The Labute approximate surface area is 195 Å². The number of aryl methyl sites for hydroxylation is 3. The standard InChI is InChI=1S/C26H21BrN2O3/c1-16-12-17(2)24(18(3)13-16)29-25(30)21(15-28)14-19-4-10-23(11-5-19)32-26(31)20-6-8-22(27)9-7-20/h4-14H,1-3H3,(H,29,30)/b21-14+. The van der Waals surface area contributed by atoms with Crippen LogP contribution < -0.4 is 10.1 Å². The fraction of sp³-hybridized carbons (Fsp3) is 0.115. The monoisotopic (exact) mass is 488 g/mol. The van der Waals surface area contributed by atoms with Gasteiger partial charge in [0.1, 0.15) is 17.4 Å². The average molecular weight is 489 g/mol. The Bertz CT molecular complexity index is 1210. The maximum Gasteiger partial charge on any atom is 0.343 e. The third-order valence-electron chi connectivity index (χ3n) is 4.76. The summed E-state index contributed by atoms with van der Waals surface area (Å²) in [4.78, 5) is 24.9. The number of hydrogen-bond acceptors (Lipinski definition) is 4. The number of rotatable bonds is 5. The molecule has 0 saturated heterocycles. The molecular weight excluding hydrogens is 468 g/mol. The third kappa shape index (κ3) is 5.71. The van der Waals surface area contributed by atoms with Crippen molar-refractivity contribution in [2.45, 2.75) is 20.8 Å². The van der Waals surface area contributed by atoms with Gasteiger partial charge in [0, 0.05) is 10.2 Å². The Morgan fingerprint density at radius 1 is 0.969 bits per heavy atom. The molecule has 1 N–H and O–H groups in total. The average Bonchev–Trinajstić information content (AvgIpc) is 2.76. The SMILES string of the molecule is Cc1cc(C)c(NC(=O)/C(C#N)=C/c2ccc(OC(=O)c3ccc(Br)cc3)cc2)c(C)c1. The van der Waals surface area contributed by atoms with E-state index in [0.717, 1.165) is 21.2 Å². The number of halogens is 1. The highest BCUT2D eigenvalue weighted by molar-refractivity contribution is 9.10. The van der Waals surface area contributed by atoms with Gasteiger partial charge in [-0.3, -0.25) is 4.79 Å². The van der Waals surface area contributed by atoms with Crippen LogP contribution in [0.3, 0.4) is 0 Å². The topological polar surface area (TPSA) is 79.2 Å². The van der Waals surface area contributed by atoms with Crippen molar-refractivity contribution in [3.05, 3.63) is 98.5 Å². The molecule has 0 heterocycles. The van der Waals surface area contributed by atoms with Gasteiger partial charge < -0.3 is 10.1 Å². The Morgan fingerprint density at radius 2 is 1.56 bits per heavy atom. The second kappa shape index (κ2) is 10.1. The van der Waals surface area contributed by atoms with Gasteiger partial charge in [0.2, 0.25) is 0 Å². The first kappa shape index (κ1) is 23.0. The normalized spacial score (nSPS) is 10.9. The number of ether oxygens (including phenoxy) is 1. The van der Waals surface area contributed by atoms with Crippen molar-refractivity contribution in [2.75, 3.05) is 5.32 Å². The lowest BCUT2D eigenvalue weighted by molar-refractivity contribution is -0.112. The smallest absolute Gasteiger partial charge is 0.343 e. The maximum atomic E-state index is 12.7. The van der Waals surface area contributed by atoms with Crippen LogP contribution in [0.4, 0.5) is 5.69 Å². The third-order valence-corrected chi connectivity index (χ3v) is 5.29. The Morgan fingerprint density at radius 3 is 2.12 bits per heavy atom. The minimum Gasteiger partial charge on any atom is -0.423 e. The van der Waals surface area contributed by atoms with Gasteiger partial charge in [0.05, 0.1) is 5.56 Å². The molecule has 0 saturated carbocycles. The predicted molar refractivity (Wildman–Crippen MR) is 128 cm³/mol. The van der Waals surface area contributed by atoms with Gasteiger partial charge in [-0.15, -0.1) is 0 Å². The lowest BCUT2D eigenvalue weighted by atomic mass is 10.0. The van der Waals surface area contributed by atoms with Gasteiger partial charge in [0.15, 0.2) is 0 Å². The van der Waals surface area contributed by atoms with Gasteiger partial charge in [-0.2, -0.15) is 5.26 Å². The van der Waals surface area contributed by atoms with Gasteiger partial charge in [-0.05, 0) is 79.9 Å². The van der Waals surface area contributed by atoms with Crippen LogP contribution in [0.5, 0.6) is 5.75 Å². The van der Waals surface area contributed by atoms with E-state index in [4.69, 9.17) is 4.74 Å². The molecule has 0 aromatic heterocycles. The van der Waals surface area contributed by atoms with E-state index in [1.165, 1.54) is 6.08 Å². The van der Waals surface area contributed by atoms with E-state index in [-0.39, 0.29) is 5.57 Å². The highest BCUT2D eigenvalue weighted by Crippen LogP contribution is 2.23. The minimum absolute atomic E-state index is 0.0241. The number of nitrogens with one attached hydrogen (secondary N) is 1. The van der Waals surface area contributed by atoms with Crippen LogP contribution in [0, 0.1) is 32.1 Å². The fourth-order valence-corrected chi connectivity index (χ4v) is 3.52. The van der Waals surface area contributed by atoms with Crippen molar-refractivity contribution >= 4 is 39.6 Å². The molecule has 3 aromatic rings. The number of nitriles is 1. The molecular formula is C26H21BrN2O3. The lowest BCUT2D eigenvalue weighted by Crippen LogP contribution is -2.15. The molecule has 3 rings (SSSR count). The van der Waals surface area contributed by atoms with E-state index in [1.54, 1.807) is 48.5 Å². The molecule has 0 radical (unpaired) electrons. The zero-order chi connectivity index (χ0) is 23.3. The Kier molecular flexibility index (Phi) is 7.24. The van der Waals surface area contributed by atoms with Crippen LogP contribution >= 0.6 is 15.9 Å². The molecule has 0 bridgehead atoms. The maximum absolute atomic E-state index is 12.7. The van der Waals surface area contributed by atoms with Crippen molar-refractivity contribution in [1.29, 1.82) is 5.26 Å². The lowest BCUT2D eigenvalue weighted by Gasteiger charge is -2.12. The summed E-state index contributed by atoms with van der Waals surface area (Å²) in [5.74, 6) is -0.584. The number of nitrogens with zero attached hydrogens (tertiary/aromatic N) is 1. The molecule has 3 aromatic carbocycles. The van der Waals surface area contributed by atoms with E-state index in [9.17, 15) is 14.9 Å². The first-order chi connectivity index (χ1) is 15.3. The van der Waals surface area contributed by atoms with E-state index in [1.807, 2.05) is 39.0 Å². The summed E-state index contributed by atoms with van der Waals surface area (Å²) in [5.41, 5.74) is 4.73.